The fourth-order valence-electron chi connectivity index (χ4n) is 3.57. The van der Waals surface area contributed by atoms with E-state index in [9.17, 15) is 36.2 Å². The third kappa shape index (κ3) is 8.19. The van der Waals surface area contributed by atoms with Gasteiger partial charge in [0.2, 0.25) is 0 Å². The molecule has 0 saturated heterocycles. The zero-order valence-electron chi connectivity index (χ0n) is 22.3. The quantitative estimate of drug-likeness (QED) is 0.0523. The number of aliphatic imine (C=N–C) groups is 1. The Morgan fingerprint density at radius 1 is 0.738 bits per heavy atom. The number of nitrogen functional groups attached to an aromatic ring is 1. The van der Waals surface area contributed by atoms with Gasteiger partial charge in [-0.05, 0) is 66.7 Å². The Kier molecular flexibility index (Phi) is 11.9. The van der Waals surface area contributed by atoms with E-state index in [0.29, 0.717) is 5.69 Å². The maximum atomic E-state index is 13.4. The van der Waals surface area contributed by atoms with Gasteiger partial charge in [-0.15, -0.1) is 10.2 Å². The van der Waals surface area contributed by atoms with Crippen molar-refractivity contribution in [2.75, 3.05) is 5.73 Å². The topological polar surface area (TPSA) is 243 Å². The molecule has 14 nitrogen and oxygen atoms in total. The van der Waals surface area contributed by atoms with Gasteiger partial charge in [0.15, 0.2) is 0 Å². The van der Waals surface area contributed by atoms with Crippen LogP contribution in [0.4, 0.5) is 34.1 Å². The van der Waals surface area contributed by atoms with Crippen LogP contribution in [0.1, 0.15) is 6.92 Å². The Morgan fingerprint density at radius 3 is 1.69 bits per heavy atom. The predicted octanol–water partition coefficient (Wildman–Crippen LogP) is -1.76. The number of nitrogens with two attached hydrogens (primary N) is 1. The summed E-state index contributed by atoms with van der Waals surface area (Å²) < 4.78 is 68.1. The number of hydrogen-bond acceptors (Lipinski definition) is 12. The minimum absolute atomic E-state index is 0. The minimum atomic E-state index is -5.06. The molecule has 0 heterocycles. The fraction of sp³-hybridized carbons (Fsp3) is 0.0417. The number of fused-ring (bicyclic) bond motifs is 1. The maximum absolute atomic E-state index is 13.4. The van der Waals surface area contributed by atoms with E-state index in [4.69, 9.17) is 5.73 Å². The first kappa shape index (κ1) is 35.4. The molecule has 0 saturated carbocycles. The number of benzene rings is 4. The largest absolute Gasteiger partial charge is 1.00 e. The first-order valence-corrected chi connectivity index (χ1v) is 13.9. The van der Waals surface area contributed by atoms with Crippen LogP contribution in [0, 0.1) is 0 Å². The second kappa shape index (κ2) is 14.1. The molecule has 206 valence electrons. The summed E-state index contributed by atoms with van der Waals surface area (Å²) in [5.41, 5.74) is 4.91. The second-order valence-electron chi connectivity index (χ2n) is 8.12. The van der Waals surface area contributed by atoms with Gasteiger partial charge in [0.1, 0.15) is 15.5 Å². The van der Waals surface area contributed by atoms with Crippen LogP contribution in [0.3, 0.4) is 0 Å². The summed E-state index contributed by atoms with van der Waals surface area (Å²) in [4.78, 5) is 1.89. The Balaban J connectivity index is 0.00000308. The van der Waals surface area contributed by atoms with Gasteiger partial charge in [-0.3, -0.25) is 14.1 Å². The maximum Gasteiger partial charge on any atom is 1.00 e. The molecule has 18 heteroatoms. The van der Waals surface area contributed by atoms with Crippen LogP contribution >= 0.6 is 0 Å². The van der Waals surface area contributed by atoms with Crippen molar-refractivity contribution in [2.24, 2.45) is 25.4 Å². The zero-order chi connectivity index (χ0) is 29.2. The van der Waals surface area contributed by atoms with E-state index in [2.05, 4.69) is 25.4 Å². The molecule has 0 spiro atoms. The van der Waals surface area contributed by atoms with Crippen LogP contribution in [0.2, 0.25) is 0 Å². The summed E-state index contributed by atoms with van der Waals surface area (Å²) in [6.45, 7) is 1.27. The molecule has 42 heavy (non-hydrogen) atoms. The Labute approximate surface area is 284 Å². The van der Waals surface area contributed by atoms with Crippen molar-refractivity contribution in [1.82, 2.24) is 0 Å². The van der Waals surface area contributed by atoms with Gasteiger partial charge in [0.25, 0.3) is 20.2 Å². The van der Waals surface area contributed by atoms with Gasteiger partial charge < -0.3 is 15.9 Å². The summed E-state index contributed by atoms with van der Waals surface area (Å²) in [5.74, 6) is -1.54. The number of nitrogens with zero attached hydrogens (tertiary/aromatic N) is 5. The molecule has 0 aromatic heterocycles. The molecule has 0 unspecified atom stereocenters. The van der Waals surface area contributed by atoms with Crippen molar-refractivity contribution in [3.05, 3.63) is 66.7 Å². The normalized spacial score (nSPS) is 12.4. The van der Waals surface area contributed by atoms with Crippen LogP contribution in [0.5, 0.6) is 5.75 Å². The summed E-state index contributed by atoms with van der Waals surface area (Å²) in [7, 11) is -10.1. The zero-order valence-corrected chi connectivity index (χ0v) is 28.0. The third-order valence-corrected chi connectivity index (χ3v) is 7.01. The molecule has 0 radical (unpaired) electrons. The van der Waals surface area contributed by atoms with Crippen LogP contribution < -0.4 is 75.1 Å². The van der Waals surface area contributed by atoms with Gasteiger partial charge in [-0.1, -0.05) is 23.9 Å². The van der Waals surface area contributed by atoms with Crippen molar-refractivity contribution in [3.63, 3.8) is 0 Å². The molecule has 0 aliphatic heterocycles. The third-order valence-electron chi connectivity index (χ3n) is 5.27. The molecular formula is C24H18N6Na2O8S2. The predicted molar refractivity (Wildman–Crippen MR) is 141 cm³/mol. The van der Waals surface area contributed by atoms with E-state index in [1.807, 2.05) is 0 Å². The smallest absolute Gasteiger partial charge is 0.870 e. The molecule has 0 aliphatic carbocycles. The number of hydrogen-bond donors (Lipinski definition) is 3. The van der Waals surface area contributed by atoms with Gasteiger partial charge in [-0.25, -0.2) is 0 Å². The van der Waals surface area contributed by atoms with E-state index in [1.54, 1.807) is 18.2 Å². The molecule has 4 N–H and O–H groups in total. The SMILES string of the molecule is CC([O-])=Nc1ccc(N=Nc2c(S(=O)(=O)O)cc3cc(S(=O)(=O)O)c(N=Nc4ccccc4)c([O-])c3c2N)cc1.[Na+].[Na+]. The van der Waals surface area contributed by atoms with Crippen LogP contribution in [-0.4, -0.2) is 31.8 Å². The van der Waals surface area contributed by atoms with E-state index >= 15 is 0 Å². The van der Waals surface area contributed by atoms with Crippen molar-refractivity contribution >= 4 is 71.0 Å². The number of anilines is 1. The number of rotatable bonds is 7. The number of azo groups is 2. The van der Waals surface area contributed by atoms with Crippen LogP contribution in [0.25, 0.3) is 10.8 Å². The van der Waals surface area contributed by atoms with E-state index in [0.717, 1.165) is 12.1 Å². The molecule has 4 rings (SSSR count). The average Bonchev–Trinajstić information content (AvgIpc) is 2.87. The molecule has 0 amide bonds. The van der Waals surface area contributed by atoms with Gasteiger partial charge in [-0.2, -0.15) is 27.1 Å². The monoisotopic (exact) mass is 628 g/mol. The Hall–Kier alpha value is -2.77. The molecule has 0 aliphatic rings. The van der Waals surface area contributed by atoms with E-state index < -0.39 is 64.1 Å². The standard InChI is InChI=1S/C24H20N6O8S2.2Na/c1-13(31)26-15-7-9-17(10-8-15)28-29-22-18(39(33,34)35)11-14-12-19(40(36,37)38)23(24(32)20(14)21(22)25)30-27-16-5-3-2-4-6-16;;/h2-12,32H,25H2,1H3,(H,26,31)(H,33,34,35)(H,36,37,38);;/q;2*+1/p-2. The van der Waals surface area contributed by atoms with Crippen LogP contribution in [0.15, 0.2) is 102 Å². The summed E-state index contributed by atoms with van der Waals surface area (Å²) in [5, 5.41) is 39.1. The minimum Gasteiger partial charge on any atom is -0.870 e. The summed E-state index contributed by atoms with van der Waals surface area (Å²) >= 11 is 0. The van der Waals surface area contributed by atoms with Crippen molar-refractivity contribution in [2.45, 2.75) is 16.7 Å². The first-order chi connectivity index (χ1) is 18.8. The van der Waals surface area contributed by atoms with Crippen molar-refractivity contribution in [1.29, 1.82) is 0 Å². The van der Waals surface area contributed by atoms with Gasteiger partial charge in [0, 0.05) is 5.39 Å². The molecular weight excluding hydrogens is 610 g/mol. The average molecular weight is 629 g/mol. The van der Waals surface area contributed by atoms with E-state index in [1.165, 1.54) is 43.3 Å². The summed E-state index contributed by atoms with van der Waals surface area (Å²) in [6.07, 6.45) is 0. The molecule has 4 aromatic rings. The van der Waals surface area contributed by atoms with E-state index in [-0.39, 0.29) is 75.9 Å². The van der Waals surface area contributed by atoms with Gasteiger partial charge >= 0.3 is 59.1 Å². The fourth-order valence-corrected chi connectivity index (χ4v) is 4.90. The van der Waals surface area contributed by atoms with Crippen LogP contribution in [-0.2, 0) is 20.2 Å². The van der Waals surface area contributed by atoms with Gasteiger partial charge in [0.05, 0.1) is 28.4 Å². The Bertz CT molecular complexity index is 1930. The molecule has 4 aromatic carbocycles. The first-order valence-electron chi connectivity index (χ1n) is 11.0. The molecule has 0 atom stereocenters. The van der Waals surface area contributed by atoms with Crippen molar-refractivity contribution in [3.8, 4) is 5.75 Å². The van der Waals surface area contributed by atoms with Crippen molar-refractivity contribution < 1.29 is 95.3 Å². The molecule has 0 bridgehead atoms. The summed E-state index contributed by atoms with van der Waals surface area (Å²) in [6, 6.07) is 15.2. The second-order valence-corrected chi connectivity index (χ2v) is 10.9. The molecule has 0 fully saturated rings. The Morgan fingerprint density at radius 2 is 1.19 bits per heavy atom.